The van der Waals surface area contributed by atoms with E-state index < -0.39 is 11.8 Å². The van der Waals surface area contributed by atoms with E-state index in [-0.39, 0.29) is 12.3 Å². The van der Waals surface area contributed by atoms with Gasteiger partial charge in [0.15, 0.2) is 5.76 Å². The normalized spacial score (nSPS) is 8.60. The Morgan fingerprint density at radius 3 is 2.40 bits per heavy atom. The third-order valence-corrected chi connectivity index (χ3v) is 0.763. The molecule has 0 fully saturated rings. The summed E-state index contributed by atoms with van der Waals surface area (Å²) in [5.74, 6) is -1.22. The van der Waals surface area contributed by atoms with E-state index in [0.717, 1.165) is 0 Å². The van der Waals surface area contributed by atoms with E-state index in [1.807, 2.05) is 0 Å². The van der Waals surface area contributed by atoms with Crippen molar-refractivity contribution in [1.82, 2.24) is 0 Å². The van der Waals surface area contributed by atoms with Crippen LogP contribution in [-0.2, 0) is 14.3 Å². The zero-order valence-electron chi connectivity index (χ0n) is 5.72. The number of ether oxygens (including phenoxy) is 1. The van der Waals surface area contributed by atoms with Crippen molar-refractivity contribution in [3.05, 3.63) is 12.3 Å². The Morgan fingerprint density at radius 1 is 1.60 bits per heavy atom. The Bertz CT molecular complexity index is 174. The third kappa shape index (κ3) is 2.99. The van der Waals surface area contributed by atoms with Gasteiger partial charge in [0, 0.05) is 6.92 Å². The lowest BCUT2D eigenvalue weighted by molar-refractivity contribution is -0.139. The predicted octanol–water partition coefficient (Wildman–Crippen LogP) is -0.409. The molecule has 4 heteroatoms. The van der Waals surface area contributed by atoms with Crippen LogP contribution in [0.25, 0.3) is 0 Å². The van der Waals surface area contributed by atoms with Crippen LogP contribution >= 0.6 is 0 Å². The Kier molecular flexibility index (Phi) is 3.35. The number of hydrogen-bond acceptors (Lipinski definition) is 4. The second kappa shape index (κ2) is 3.79. The van der Waals surface area contributed by atoms with Crippen molar-refractivity contribution in [2.75, 3.05) is 6.54 Å². The second-order valence-corrected chi connectivity index (χ2v) is 1.64. The zero-order valence-corrected chi connectivity index (χ0v) is 5.72. The first-order valence-electron chi connectivity index (χ1n) is 2.68. The lowest BCUT2D eigenvalue weighted by Gasteiger charge is -1.99. The molecule has 0 aliphatic carbocycles. The number of carbonyl (C=O) groups is 2. The average molecular weight is 143 g/mol. The molecule has 0 amide bonds. The van der Waals surface area contributed by atoms with Gasteiger partial charge in [-0.2, -0.15) is 0 Å². The first-order valence-corrected chi connectivity index (χ1v) is 2.68. The molecule has 0 bridgehead atoms. The number of carbonyl (C=O) groups excluding carboxylic acids is 2. The molecule has 0 aromatic carbocycles. The molecule has 10 heavy (non-hydrogen) atoms. The molecule has 0 unspecified atom stereocenters. The lowest BCUT2D eigenvalue weighted by atomic mass is 10.3. The van der Waals surface area contributed by atoms with Gasteiger partial charge in [0.05, 0.1) is 6.54 Å². The van der Waals surface area contributed by atoms with Crippen LogP contribution in [0, 0.1) is 0 Å². The minimum absolute atomic E-state index is 0.188. The van der Waals surface area contributed by atoms with Crippen LogP contribution in [0.5, 0.6) is 0 Å². The molecule has 56 valence electrons. The van der Waals surface area contributed by atoms with Gasteiger partial charge in [0.25, 0.3) is 0 Å². The molecule has 4 nitrogen and oxygen atoms in total. The van der Waals surface area contributed by atoms with Crippen molar-refractivity contribution in [1.29, 1.82) is 0 Å². The zero-order chi connectivity index (χ0) is 8.15. The monoisotopic (exact) mass is 143 g/mol. The van der Waals surface area contributed by atoms with Crippen LogP contribution < -0.4 is 5.73 Å². The highest BCUT2D eigenvalue weighted by Crippen LogP contribution is 1.93. The van der Waals surface area contributed by atoms with Crippen LogP contribution in [0.1, 0.15) is 6.92 Å². The highest BCUT2D eigenvalue weighted by molar-refractivity contribution is 5.96. The largest absolute Gasteiger partial charge is 0.423 e. The Labute approximate surface area is 58.7 Å². The highest BCUT2D eigenvalue weighted by atomic mass is 16.5. The molecule has 0 rings (SSSR count). The van der Waals surface area contributed by atoms with Gasteiger partial charge in [-0.25, -0.2) is 0 Å². The number of nitrogens with two attached hydrogens (primary N) is 1. The SMILES string of the molecule is C=C(OC(C)=O)C(=O)CN. The van der Waals surface area contributed by atoms with Gasteiger partial charge in [-0.3, -0.25) is 9.59 Å². The van der Waals surface area contributed by atoms with Crippen LogP contribution in [-0.4, -0.2) is 18.3 Å². The summed E-state index contributed by atoms with van der Waals surface area (Å²) in [5.41, 5.74) is 4.95. The first kappa shape index (κ1) is 8.84. The summed E-state index contributed by atoms with van der Waals surface area (Å²) < 4.78 is 4.34. The van der Waals surface area contributed by atoms with Gasteiger partial charge < -0.3 is 10.5 Å². The summed E-state index contributed by atoms with van der Waals surface area (Å²) in [5, 5.41) is 0. The second-order valence-electron chi connectivity index (χ2n) is 1.64. The first-order chi connectivity index (χ1) is 4.57. The summed E-state index contributed by atoms with van der Waals surface area (Å²) in [7, 11) is 0. The number of Topliss-reactive ketones (excluding diaryl/α,β-unsaturated/α-hetero) is 1. The molecular weight excluding hydrogens is 134 g/mol. The van der Waals surface area contributed by atoms with Gasteiger partial charge in [-0.05, 0) is 0 Å². The maximum atomic E-state index is 10.5. The smallest absolute Gasteiger partial charge is 0.308 e. The van der Waals surface area contributed by atoms with E-state index in [2.05, 4.69) is 11.3 Å². The Morgan fingerprint density at radius 2 is 2.10 bits per heavy atom. The third-order valence-electron chi connectivity index (χ3n) is 0.763. The fraction of sp³-hybridized carbons (Fsp3) is 0.333. The minimum Gasteiger partial charge on any atom is -0.423 e. The van der Waals surface area contributed by atoms with Crippen LogP contribution in [0.4, 0.5) is 0 Å². The molecule has 0 aliphatic rings. The van der Waals surface area contributed by atoms with Crippen molar-refractivity contribution in [2.24, 2.45) is 5.73 Å². The lowest BCUT2D eigenvalue weighted by Crippen LogP contribution is -2.17. The van der Waals surface area contributed by atoms with Crippen LogP contribution in [0.3, 0.4) is 0 Å². The predicted molar refractivity (Wildman–Crippen MR) is 35.0 cm³/mol. The van der Waals surface area contributed by atoms with Gasteiger partial charge in [-0.15, -0.1) is 0 Å². The standard InChI is InChI=1S/C6H9NO3/c1-4(6(9)3-7)10-5(2)8/h1,3,7H2,2H3. The Balaban J connectivity index is 3.86. The van der Waals surface area contributed by atoms with Crippen molar-refractivity contribution in [3.63, 3.8) is 0 Å². The van der Waals surface area contributed by atoms with Gasteiger partial charge in [0.2, 0.25) is 5.78 Å². The van der Waals surface area contributed by atoms with Crippen LogP contribution in [0.2, 0.25) is 0 Å². The molecule has 0 atom stereocenters. The van der Waals surface area contributed by atoms with E-state index in [0.29, 0.717) is 0 Å². The van der Waals surface area contributed by atoms with Crippen molar-refractivity contribution < 1.29 is 14.3 Å². The van der Waals surface area contributed by atoms with Gasteiger partial charge in [-0.1, -0.05) is 6.58 Å². The molecule has 2 N–H and O–H groups in total. The molecule has 0 aliphatic heterocycles. The fourth-order valence-corrected chi connectivity index (χ4v) is 0.344. The fourth-order valence-electron chi connectivity index (χ4n) is 0.344. The Hall–Kier alpha value is -1.16. The van der Waals surface area contributed by atoms with E-state index in [9.17, 15) is 9.59 Å². The molecule has 0 aromatic rings. The number of ketones is 1. The summed E-state index contributed by atoms with van der Waals surface area (Å²) in [6.45, 7) is 4.19. The summed E-state index contributed by atoms with van der Waals surface area (Å²) in [4.78, 5) is 20.7. The molecule has 0 heterocycles. The van der Waals surface area contributed by atoms with E-state index >= 15 is 0 Å². The molecule has 0 aromatic heterocycles. The van der Waals surface area contributed by atoms with Crippen molar-refractivity contribution in [3.8, 4) is 0 Å². The number of esters is 1. The van der Waals surface area contributed by atoms with Crippen molar-refractivity contribution >= 4 is 11.8 Å². The molecular formula is C6H9NO3. The van der Waals surface area contributed by atoms with Crippen molar-refractivity contribution in [2.45, 2.75) is 6.92 Å². The summed E-state index contributed by atoms with van der Waals surface area (Å²) in [6.07, 6.45) is 0. The van der Waals surface area contributed by atoms with E-state index in [4.69, 9.17) is 5.73 Å². The molecule has 0 radical (unpaired) electrons. The number of rotatable bonds is 3. The topological polar surface area (TPSA) is 69.4 Å². The van der Waals surface area contributed by atoms with Gasteiger partial charge in [0.1, 0.15) is 0 Å². The van der Waals surface area contributed by atoms with Crippen LogP contribution in [0.15, 0.2) is 12.3 Å². The highest BCUT2D eigenvalue weighted by Gasteiger charge is 2.06. The van der Waals surface area contributed by atoms with Gasteiger partial charge >= 0.3 is 5.97 Å². The minimum atomic E-state index is -0.563. The van der Waals surface area contributed by atoms with E-state index in [1.54, 1.807) is 0 Å². The molecule has 0 saturated carbocycles. The quantitative estimate of drug-likeness (QED) is 0.331. The molecule has 0 spiro atoms. The summed E-state index contributed by atoms with van der Waals surface area (Å²) in [6, 6.07) is 0. The summed E-state index contributed by atoms with van der Waals surface area (Å²) >= 11 is 0. The molecule has 0 saturated heterocycles. The number of hydrogen-bond donors (Lipinski definition) is 1. The van der Waals surface area contributed by atoms with E-state index in [1.165, 1.54) is 6.92 Å². The average Bonchev–Trinajstić information content (AvgIpc) is 1.85. The maximum Gasteiger partial charge on any atom is 0.308 e. The maximum absolute atomic E-state index is 10.5.